The zero-order chi connectivity index (χ0) is 20.1. The first kappa shape index (κ1) is 19.4. The molecule has 0 aliphatic carbocycles. The standard InChI is InChI=1S/C21H22N2O5/c1-14-5-10-18(27-2)17(12-14)22-19(24)13-28-21(26)15-6-8-16(9-7-15)23-11-3-4-20(23)25/h5-10,12H,3-4,11,13H2,1-2H3,(H,22,24). The highest BCUT2D eigenvalue weighted by atomic mass is 16.5. The van der Waals surface area contributed by atoms with Gasteiger partial charge < -0.3 is 19.7 Å². The van der Waals surface area contributed by atoms with Gasteiger partial charge in [0.1, 0.15) is 5.75 Å². The lowest BCUT2D eigenvalue weighted by Crippen LogP contribution is -2.23. The maximum atomic E-state index is 12.2. The van der Waals surface area contributed by atoms with Crippen LogP contribution in [0.15, 0.2) is 42.5 Å². The fourth-order valence-electron chi connectivity index (χ4n) is 3.02. The van der Waals surface area contributed by atoms with Crippen LogP contribution in [-0.4, -0.2) is 38.0 Å². The molecule has 7 heteroatoms. The second-order valence-corrected chi connectivity index (χ2v) is 6.52. The third-order valence-electron chi connectivity index (χ3n) is 4.45. The van der Waals surface area contributed by atoms with Crippen LogP contribution in [0.3, 0.4) is 0 Å². The maximum absolute atomic E-state index is 12.2. The van der Waals surface area contributed by atoms with Gasteiger partial charge in [0.2, 0.25) is 5.91 Å². The highest BCUT2D eigenvalue weighted by molar-refractivity contribution is 5.98. The molecule has 7 nitrogen and oxygen atoms in total. The van der Waals surface area contributed by atoms with E-state index in [4.69, 9.17) is 9.47 Å². The van der Waals surface area contributed by atoms with E-state index in [0.717, 1.165) is 17.7 Å². The Bertz CT molecular complexity index is 892. The summed E-state index contributed by atoms with van der Waals surface area (Å²) in [5.41, 5.74) is 2.55. The Balaban J connectivity index is 1.56. The Labute approximate surface area is 163 Å². The van der Waals surface area contributed by atoms with Crippen molar-refractivity contribution in [3.05, 3.63) is 53.6 Å². The number of carbonyl (C=O) groups excluding carboxylic acids is 3. The molecule has 0 spiro atoms. The average molecular weight is 382 g/mol. The number of benzene rings is 2. The van der Waals surface area contributed by atoms with Gasteiger partial charge in [-0.1, -0.05) is 6.07 Å². The topological polar surface area (TPSA) is 84.9 Å². The molecule has 0 bridgehead atoms. The highest BCUT2D eigenvalue weighted by Crippen LogP contribution is 2.25. The fourth-order valence-corrected chi connectivity index (χ4v) is 3.02. The number of hydrogen-bond acceptors (Lipinski definition) is 5. The van der Waals surface area contributed by atoms with Crippen LogP contribution in [-0.2, 0) is 14.3 Å². The quantitative estimate of drug-likeness (QED) is 0.777. The number of hydrogen-bond donors (Lipinski definition) is 1. The van der Waals surface area contributed by atoms with E-state index in [2.05, 4.69) is 5.32 Å². The second-order valence-electron chi connectivity index (χ2n) is 6.52. The van der Waals surface area contributed by atoms with Gasteiger partial charge in [0, 0.05) is 18.7 Å². The molecule has 1 heterocycles. The van der Waals surface area contributed by atoms with Crippen LogP contribution >= 0.6 is 0 Å². The lowest BCUT2D eigenvalue weighted by Gasteiger charge is -2.15. The van der Waals surface area contributed by atoms with E-state index < -0.39 is 18.5 Å². The van der Waals surface area contributed by atoms with Crippen LogP contribution in [0.4, 0.5) is 11.4 Å². The van der Waals surface area contributed by atoms with E-state index in [0.29, 0.717) is 30.0 Å². The Morgan fingerprint density at radius 2 is 1.89 bits per heavy atom. The van der Waals surface area contributed by atoms with Gasteiger partial charge >= 0.3 is 5.97 Å². The van der Waals surface area contributed by atoms with Crippen LogP contribution in [0.2, 0.25) is 0 Å². The van der Waals surface area contributed by atoms with Gasteiger partial charge in [-0.3, -0.25) is 9.59 Å². The van der Waals surface area contributed by atoms with Crippen molar-refractivity contribution in [1.82, 2.24) is 0 Å². The summed E-state index contributed by atoms with van der Waals surface area (Å²) in [6.07, 6.45) is 1.38. The van der Waals surface area contributed by atoms with Crippen molar-refractivity contribution in [2.24, 2.45) is 0 Å². The highest BCUT2D eigenvalue weighted by Gasteiger charge is 2.22. The van der Waals surface area contributed by atoms with Gasteiger partial charge in [-0.25, -0.2) is 4.79 Å². The number of nitrogens with one attached hydrogen (secondary N) is 1. The van der Waals surface area contributed by atoms with Crippen LogP contribution < -0.4 is 15.0 Å². The molecule has 2 amide bonds. The van der Waals surface area contributed by atoms with Gasteiger partial charge in [0.05, 0.1) is 18.4 Å². The van der Waals surface area contributed by atoms with Crippen LogP contribution in [0.1, 0.15) is 28.8 Å². The van der Waals surface area contributed by atoms with Gasteiger partial charge in [-0.05, 0) is 55.3 Å². The predicted molar refractivity (Wildman–Crippen MR) is 105 cm³/mol. The van der Waals surface area contributed by atoms with Gasteiger partial charge in [-0.15, -0.1) is 0 Å². The Morgan fingerprint density at radius 1 is 1.14 bits per heavy atom. The lowest BCUT2D eigenvalue weighted by atomic mass is 10.2. The molecular formula is C21H22N2O5. The molecular weight excluding hydrogens is 360 g/mol. The van der Waals surface area contributed by atoms with Crippen LogP contribution in [0.5, 0.6) is 5.75 Å². The van der Waals surface area contributed by atoms with Crippen molar-refractivity contribution in [3.8, 4) is 5.75 Å². The number of aryl methyl sites for hydroxylation is 1. The number of esters is 1. The Kier molecular flexibility index (Phi) is 5.93. The van der Waals surface area contributed by atoms with E-state index in [1.165, 1.54) is 7.11 Å². The summed E-state index contributed by atoms with van der Waals surface area (Å²) in [6.45, 7) is 2.17. The first-order valence-corrected chi connectivity index (χ1v) is 9.00. The van der Waals surface area contributed by atoms with Crippen molar-refractivity contribution in [1.29, 1.82) is 0 Å². The summed E-state index contributed by atoms with van der Waals surface area (Å²) in [4.78, 5) is 37.7. The molecule has 2 aromatic carbocycles. The van der Waals surface area contributed by atoms with E-state index in [1.54, 1.807) is 41.3 Å². The van der Waals surface area contributed by atoms with Crippen molar-refractivity contribution in [2.45, 2.75) is 19.8 Å². The number of ether oxygens (including phenoxy) is 2. The Morgan fingerprint density at radius 3 is 2.54 bits per heavy atom. The molecule has 0 atom stereocenters. The summed E-state index contributed by atoms with van der Waals surface area (Å²) in [6, 6.07) is 12.0. The molecule has 0 aromatic heterocycles. The molecule has 1 aliphatic rings. The van der Waals surface area contributed by atoms with Crippen LogP contribution in [0.25, 0.3) is 0 Å². The number of amides is 2. The average Bonchev–Trinajstić information content (AvgIpc) is 3.12. The summed E-state index contributed by atoms with van der Waals surface area (Å²) < 4.78 is 10.3. The molecule has 28 heavy (non-hydrogen) atoms. The number of nitrogens with zero attached hydrogens (tertiary/aromatic N) is 1. The molecule has 146 valence electrons. The summed E-state index contributed by atoms with van der Waals surface area (Å²) in [5, 5.41) is 2.67. The zero-order valence-electron chi connectivity index (χ0n) is 15.9. The number of carbonyl (C=O) groups is 3. The molecule has 1 N–H and O–H groups in total. The van der Waals surface area contributed by atoms with Crippen molar-refractivity contribution >= 4 is 29.2 Å². The normalized spacial score (nSPS) is 13.4. The van der Waals surface area contributed by atoms with Crippen molar-refractivity contribution in [3.63, 3.8) is 0 Å². The SMILES string of the molecule is COc1ccc(C)cc1NC(=O)COC(=O)c1ccc(N2CCCC2=O)cc1. The van der Waals surface area contributed by atoms with Gasteiger partial charge in [0.25, 0.3) is 5.91 Å². The molecule has 0 radical (unpaired) electrons. The third kappa shape index (κ3) is 4.49. The minimum atomic E-state index is -0.606. The van der Waals surface area contributed by atoms with Crippen molar-refractivity contribution < 1.29 is 23.9 Å². The molecule has 1 fully saturated rings. The van der Waals surface area contributed by atoms with Crippen molar-refractivity contribution in [2.75, 3.05) is 30.5 Å². The summed E-state index contributed by atoms with van der Waals surface area (Å²) in [7, 11) is 1.51. The smallest absolute Gasteiger partial charge is 0.338 e. The molecule has 3 rings (SSSR count). The summed E-state index contributed by atoms with van der Waals surface area (Å²) in [5.74, 6) is -0.460. The van der Waals surface area contributed by atoms with E-state index in [9.17, 15) is 14.4 Å². The Hall–Kier alpha value is -3.35. The third-order valence-corrected chi connectivity index (χ3v) is 4.45. The number of anilines is 2. The molecule has 2 aromatic rings. The van der Waals surface area contributed by atoms with E-state index in [-0.39, 0.29) is 5.91 Å². The molecule has 1 saturated heterocycles. The van der Waals surface area contributed by atoms with Crippen LogP contribution in [0, 0.1) is 6.92 Å². The largest absolute Gasteiger partial charge is 0.495 e. The predicted octanol–water partition coefficient (Wildman–Crippen LogP) is 2.93. The minimum Gasteiger partial charge on any atom is -0.495 e. The maximum Gasteiger partial charge on any atom is 0.338 e. The fraction of sp³-hybridized carbons (Fsp3) is 0.286. The number of methoxy groups -OCH3 is 1. The van der Waals surface area contributed by atoms with Gasteiger partial charge in [0.15, 0.2) is 6.61 Å². The summed E-state index contributed by atoms with van der Waals surface area (Å²) >= 11 is 0. The molecule has 1 aliphatic heterocycles. The van der Waals surface area contributed by atoms with Gasteiger partial charge in [-0.2, -0.15) is 0 Å². The first-order valence-electron chi connectivity index (χ1n) is 9.00. The van der Waals surface area contributed by atoms with E-state index >= 15 is 0 Å². The molecule has 0 unspecified atom stereocenters. The number of rotatable bonds is 6. The molecule has 0 saturated carbocycles. The lowest BCUT2D eigenvalue weighted by molar-refractivity contribution is -0.119. The first-order chi connectivity index (χ1) is 13.5. The monoisotopic (exact) mass is 382 g/mol. The zero-order valence-corrected chi connectivity index (χ0v) is 15.9. The minimum absolute atomic E-state index is 0.0820. The van der Waals surface area contributed by atoms with E-state index in [1.807, 2.05) is 13.0 Å². The second kappa shape index (κ2) is 8.56.